The third-order valence-electron chi connectivity index (χ3n) is 4.14. The van der Waals surface area contributed by atoms with Gasteiger partial charge in [0.05, 0.1) is 37.3 Å². The molecular formula is C17H22ClN4O2+. The Kier molecular flexibility index (Phi) is 5.85. The molecule has 2 N–H and O–H groups in total. The van der Waals surface area contributed by atoms with Gasteiger partial charge in [-0.15, -0.1) is 0 Å². The lowest BCUT2D eigenvalue weighted by molar-refractivity contribution is -0.908. The minimum Gasteiger partial charge on any atom is -0.382 e. The summed E-state index contributed by atoms with van der Waals surface area (Å²) in [6, 6.07) is 9.25. The zero-order chi connectivity index (χ0) is 16.8. The number of benzene rings is 1. The van der Waals surface area contributed by atoms with Crippen molar-refractivity contribution in [3.05, 3.63) is 51.9 Å². The van der Waals surface area contributed by atoms with Gasteiger partial charge in [0.15, 0.2) is 0 Å². The molecule has 7 heteroatoms. The zero-order valence-electron chi connectivity index (χ0n) is 13.5. The van der Waals surface area contributed by atoms with Crippen LogP contribution in [0.15, 0.2) is 41.3 Å². The third-order valence-corrected chi connectivity index (χ3v) is 4.51. The van der Waals surface area contributed by atoms with Crippen molar-refractivity contribution in [2.75, 3.05) is 44.7 Å². The second kappa shape index (κ2) is 8.28. The van der Waals surface area contributed by atoms with Crippen LogP contribution in [0.1, 0.15) is 6.42 Å². The van der Waals surface area contributed by atoms with E-state index in [2.05, 4.69) is 10.4 Å². The monoisotopic (exact) mass is 349 g/mol. The minimum atomic E-state index is -0.313. The fourth-order valence-electron chi connectivity index (χ4n) is 2.78. The highest BCUT2D eigenvalue weighted by Gasteiger charge is 2.13. The fourth-order valence-corrected chi connectivity index (χ4v) is 2.98. The van der Waals surface area contributed by atoms with Crippen molar-refractivity contribution < 1.29 is 9.64 Å². The van der Waals surface area contributed by atoms with Crippen molar-refractivity contribution in [1.82, 2.24) is 9.78 Å². The van der Waals surface area contributed by atoms with Crippen LogP contribution in [-0.2, 0) is 4.74 Å². The molecule has 0 spiro atoms. The van der Waals surface area contributed by atoms with Crippen LogP contribution in [0.4, 0.5) is 5.69 Å². The minimum absolute atomic E-state index is 0.174. The van der Waals surface area contributed by atoms with Crippen LogP contribution in [0.25, 0.3) is 5.69 Å². The highest BCUT2D eigenvalue weighted by atomic mass is 35.5. The SMILES string of the molecule is O=c1c(Cl)c(NCCC[NH+]2CCOCC2)cnn1-c1ccccc1. The van der Waals surface area contributed by atoms with Crippen LogP contribution in [0.2, 0.25) is 5.02 Å². The second-order valence-corrected chi connectivity index (χ2v) is 6.20. The fraction of sp³-hybridized carbons (Fsp3) is 0.412. The summed E-state index contributed by atoms with van der Waals surface area (Å²) >= 11 is 6.22. The number of aromatic nitrogens is 2. The standard InChI is InChI=1S/C17H21ClN4O2/c18-16-15(19-7-4-8-21-9-11-24-12-10-21)13-20-22(17(16)23)14-5-2-1-3-6-14/h1-3,5-6,13,19H,4,7-12H2/p+1. The lowest BCUT2D eigenvalue weighted by atomic mass is 10.3. The summed E-state index contributed by atoms with van der Waals surface area (Å²) in [4.78, 5) is 13.9. The molecule has 0 saturated carbocycles. The number of para-hydroxylation sites is 1. The lowest BCUT2D eigenvalue weighted by Gasteiger charge is -2.23. The van der Waals surface area contributed by atoms with E-state index in [1.165, 1.54) is 4.68 Å². The Morgan fingerprint density at radius 1 is 1.25 bits per heavy atom. The average molecular weight is 350 g/mol. The maximum atomic E-state index is 12.4. The van der Waals surface area contributed by atoms with Gasteiger partial charge in [0.2, 0.25) is 0 Å². The molecule has 1 aliphatic heterocycles. The smallest absolute Gasteiger partial charge is 0.292 e. The Hall–Kier alpha value is -1.89. The van der Waals surface area contributed by atoms with E-state index in [4.69, 9.17) is 16.3 Å². The predicted molar refractivity (Wildman–Crippen MR) is 94.3 cm³/mol. The summed E-state index contributed by atoms with van der Waals surface area (Å²) in [5.41, 5.74) is 0.976. The summed E-state index contributed by atoms with van der Waals surface area (Å²) in [7, 11) is 0. The van der Waals surface area contributed by atoms with Crippen LogP contribution in [-0.4, -0.2) is 49.2 Å². The highest BCUT2D eigenvalue weighted by molar-refractivity contribution is 6.32. The van der Waals surface area contributed by atoms with E-state index in [-0.39, 0.29) is 10.6 Å². The third kappa shape index (κ3) is 4.14. The van der Waals surface area contributed by atoms with Crippen LogP contribution in [0.3, 0.4) is 0 Å². The number of anilines is 1. The number of nitrogens with zero attached hydrogens (tertiary/aromatic N) is 2. The summed E-state index contributed by atoms with van der Waals surface area (Å²) in [6.45, 7) is 5.67. The summed E-state index contributed by atoms with van der Waals surface area (Å²) in [5.74, 6) is 0. The van der Waals surface area contributed by atoms with Crippen molar-refractivity contribution in [1.29, 1.82) is 0 Å². The largest absolute Gasteiger partial charge is 0.382 e. The summed E-state index contributed by atoms with van der Waals surface area (Å²) < 4.78 is 6.66. The van der Waals surface area contributed by atoms with Crippen LogP contribution in [0, 0.1) is 0 Å². The van der Waals surface area contributed by atoms with Crippen molar-refractivity contribution >= 4 is 17.3 Å². The maximum absolute atomic E-state index is 12.4. The van der Waals surface area contributed by atoms with Gasteiger partial charge < -0.3 is 15.0 Å². The van der Waals surface area contributed by atoms with Crippen LogP contribution < -0.4 is 15.8 Å². The Balaban J connectivity index is 1.58. The topological polar surface area (TPSA) is 60.6 Å². The lowest BCUT2D eigenvalue weighted by Crippen LogP contribution is -3.14. The van der Waals surface area contributed by atoms with Crippen molar-refractivity contribution in [3.63, 3.8) is 0 Å². The number of hydrogen-bond donors (Lipinski definition) is 2. The first-order chi connectivity index (χ1) is 11.8. The van der Waals surface area contributed by atoms with E-state index in [9.17, 15) is 4.79 Å². The number of rotatable bonds is 6. The van der Waals surface area contributed by atoms with E-state index in [0.29, 0.717) is 11.4 Å². The van der Waals surface area contributed by atoms with E-state index in [1.54, 1.807) is 11.1 Å². The number of halogens is 1. The Labute approximate surface area is 146 Å². The van der Waals surface area contributed by atoms with Gasteiger partial charge in [0.25, 0.3) is 5.56 Å². The predicted octanol–water partition coefficient (Wildman–Crippen LogP) is 0.603. The van der Waals surface area contributed by atoms with E-state index in [1.807, 2.05) is 30.3 Å². The normalized spacial score (nSPS) is 15.4. The molecule has 24 heavy (non-hydrogen) atoms. The quantitative estimate of drug-likeness (QED) is 0.750. The molecule has 0 amide bonds. The molecule has 0 atom stereocenters. The first kappa shape index (κ1) is 17.0. The molecule has 0 radical (unpaired) electrons. The van der Waals surface area contributed by atoms with Gasteiger partial charge in [-0.1, -0.05) is 29.8 Å². The van der Waals surface area contributed by atoms with Gasteiger partial charge >= 0.3 is 0 Å². The first-order valence-corrected chi connectivity index (χ1v) is 8.62. The van der Waals surface area contributed by atoms with Gasteiger partial charge in [0.1, 0.15) is 18.1 Å². The Bertz CT molecular complexity index is 714. The van der Waals surface area contributed by atoms with Crippen molar-refractivity contribution in [3.8, 4) is 5.69 Å². The van der Waals surface area contributed by atoms with Gasteiger partial charge in [-0.05, 0) is 12.1 Å². The van der Waals surface area contributed by atoms with Gasteiger partial charge in [-0.25, -0.2) is 0 Å². The molecule has 1 aromatic heterocycles. The molecule has 1 saturated heterocycles. The van der Waals surface area contributed by atoms with Crippen molar-refractivity contribution in [2.45, 2.75) is 6.42 Å². The molecule has 128 valence electrons. The maximum Gasteiger partial charge on any atom is 0.292 e. The molecule has 0 unspecified atom stereocenters. The number of ether oxygens (including phenoxy) is 1. The molecule has 6 nitrogen and oxygen atoms in total. The summed E-state index contributed by atoms with van der Waals surface area (Å²) in [6.07, 6.45) is 2.62. The molecule has 1 fully saturated rings. The van der Waals surface area contributed by atoms with Crippen LogP contribution in [0.5, 0.6) is 0 Å². The molecule has 2 aromatic rings. The number of quaternary nitrogens is 1. The average Bonchev–Trinajstić information content (AvgIpc) is 2.64. The first-order valence-electron chi connectivity index (χ1n) is 8.24. The van der Waals surface area contributed by atoms with E-state index >= 15 is 0 Å². The van der Waals surface area contributed by atoms with E-state index in [0.717, 1.165) is 45.8 Å². The van der Waals surface area contributed by atoms with E-state index < -0.39 is 0 Å². The Morgan fingerprint density at radius 2 is 2.00 bits per heavy atom. The molecule has 2 heterocycles. The molecule has 1 aromatic carbocycles. The highest BCUT2D eigenvalue weighted by Crippen LogP contribution is 2.16. The molecular weight excluding hydrogens is 328 g/mol. The zero-order valence-corrected chi connectivity index (χ0v) is 14.3. The molecule has 1 aliphatic rings. The number of nitrogens with one attached hydrogen (secondary N) is 2. The molecule has 0 bridgehead atoms. The van der Waals surface area contributed by atoms with Crippen molar-refractivity contribution in [2.24, 2.45) is 0 Å². The summed E-state index contributed by atoms with van der Waals surface area (Å²) in [5, 5.41) is 7.61. The second-order valence-electron chi connectivity index (χ2n) is 5.82. The van der Waals surface area contributed by atoms with Crippen LogP contribution >= 0.6 is 11.6 Å². The molecule has 0 aliphatic carbocycles. The van der Waals surface area contributed by atoms with Gasteiger partial charge in [-0.2, -0.15) is 9.78 Å². The number of hydrogen-bond acceptors (Lipinski definition) is 4. The van der Waals surface area contributed by atoms with Gasteiger partial charge in [-0.3, -0.25) is 4.79 Å². The molecule has 3 rings (SSSR count). The Morgan fingerprint density at radius 3 is 2.75 bits per heavy atom. The number of morpholine rings is 1. The van der Waals surface area contributed by atoms with Gasteiger partial charge in [0, 0.05) is 13.0 Å².